The number of amides is 2. The number of rotatable bonds is 10. The lowest BCUT2D eigenvalue weighted by molar-refractivity contribution is -0.118. The molecule has 0 atom stereocenters. The van der Waals surface area contributed by atoms with Crippen LogP contribution in [0.1, 0.15) is 28.4 Å². The zero-order valence-corrected chi connectivity index (χ0v) is 22.2. The quantitative estimate of drug-likeness (QED) is 0.216. The first-order valence-corrected chi connectivity index (χ1v) is 12.2. The average Bonchev–Trinajstić information content (AvgIpc) is 2.89. The van der Waals surface area contributed by atoms with Gasteiger partial charge >= 0.3 is 5.97 Å². The number of anilines is 2. The van der Waals surface area contributed by atoms with Crippen LogP contribution >= 0.6 is 15.9 Å². The van der Waals surface area contributed by atoms with Gasteiger partial charge in [-0.05, 0) is 68.0 Å². The van der Waals surface area contributed by atoms with E-state index in [1.807, 2.05) is 25.1 Å². The Kier molecular flexibility index (Phi) is 9.62. The number of hydrogen-bond acceptors (Lipinski definition) is 6. The standard InChI is InChI=1S/C28H24BrN3O6/c1-3-37-24-13-19(11-20(15-30)27(34)32-22-6-4-5-18(12-22)28(35)36)23(29)14-25(24)38-16-26(33)31-21-9-7-17(2)8-10-21/h4-14H,3,16H2,1-2H3,(H,31,33)(H,32,34)(H,35,36)/b20-11-. The lowest BCUT2D eigenvalue weighted by Gasteiger charge is -2.14. The maximum Gasteiger partial charge on any atom is 0.335 e. The maximum atomic E-state index is 12.7. The van der Waals surface area contributed by atoms with Crippen molar-refractivity contribution < 1.29 is 29.0 Å². The fourth-order valence-electron chi connectivity index (χ4n) is 3.25. The van der Waals surface area contributed by atoms with E-state index in [1.165, 1.54) is 30.3 Å². The summed E-state index contributed by atoms with van der Waals surface area (Å²) < 4.78 is 11.8. The van der Waals surface area contributed by atoms with Gasteiger partial charge < -0.3 is 25.2 Å². The van der Waals surface area contributed by atoms with Gasteiger partial charge in [0, 0.05) is 15.8 Å². The second-order valence-corrected chi connectivity index (χ2v) is 8.82. The van der Waals surface area contributed by atoms with Crippen LogP contribution in [0.3, 0.4) is 0 Å². The van der Waals surface area contributed by atoms with Crippen molar-refractivity contribution in [2.24, 2.45) is 0 Å². The monoisotopic (exact) mass is 577 g/mol. The minimum atomic E-state index is -1.14. The van der Waals surface area contributed by atoms with E-state index in [2.05, 4.69) is 26.6 Å². The molecule has 3 N–H and O–H groups in total. The van der Waals surface area contributed by atoms with Crippen molar-refractivity contribution in [2.75, 3.05) is 23.8 Å². The molecule has 3 rings (SSSR count). The molecule has 0 saturated heterocycles. The molecular formula is C28H24BrN3O6. The van der Waals surface area contributed by atoms with Crippen molar-refractivity contribution in [3.8, 4) is 17.6 Å². The van der Waals surface area contributed by atoms with E-state index in [0.717, 1.165) is 5.56 Å². The van der Waals surface area contributed by atoms with E-state index in [4.69, 9.17) is 14.6 Å². The maximum absolute atomic E-state index is 12.7. The second kappa shape index (κ2) is 13.1. The van der Waals surface area contributed by atoms with Crippen LogP contribution in [0.2, 0.25) is 0 Å². The third-order valence-electron chi connectivity index (χ3n) is 5.09. The van der Waals surface area contributed by atoms with Crippen molar-refractivity contribution >= 4 is 51.2 Å². The van der Waals surface area contributed by atoms with Gasteiger partial charge in [0.15, 0.2) is 18.1 Å². The highest BCUT2D eigenvalue weighted by atomic mass is 79.9. The molecule has 38 heavy (non-hydrogen) atoms. The van der Waals surface area contributed by atoms with Crippen LogP contribution in [-0.4, -0.2) is 36.1 Å². The smallest absolute Gasteiger partial charge is 0.335 e. The van der Waals surface area contributed by atoms with Gasteiger partial charge in [-0.1, -0.05) is 39.7 Å². The zero-order chi connectivity index (χ0) is 27.7. The van der Waals surface area contributed by atoms with Crippen molar-refractivity contribution in [1.29, 1.82) is 5.26 Å². The predicted octanol–water partition coefficient (Wildman–Crippen LogP) is 5.42. The first-order chi connectivity index (χ1) is 18.2. The fraction of sp³-hybridized carbons (Fsp3) is 0.143. The predicted molar refractivity (Wildman–Crippen MR) is 146 cm³/mol. The van der Waals surface area contributed by atoms with Crippen LogP contribution in [0.15, 0.2) is 70.7 Å². The number of nitriles is 1. The molecule has 0 aliphatic heterocycles. The Morgan fingerprint density at radius 2 is 1.71 bits per heavy atom. The molecule has 0 aromatic heterocycles. The number of nitrogens with one attached hydrogen (secondary N) is 2. The number of carboxylic acid groups (broad SMARTS) is 1. The molecule has 0 saturated carbocycles. The first-order valence-electron chi connectivity index (χ1n) is 11.4. The van der Waals surface area contributed by atoms with Crippen molar-refractivity contribution in [3.63, 3.8) is 0 Å². The number of carbonyl (C=O) groups is 3. The van der Waals surface area contributed by atoms with Gasteiger partial charge in [0.05, 0.1) is 12.2 Å². The molecule has 0 fully saturated rings. The Morgan fingerprint density at radius 1 is 1.00 bits per heavy atom. The van der Waals surface area contributed by atoms with Gasteiger partial charge in [0.2, 0.25) is 0 Å². The van der Waals surface area contributed by atoms with Crippen molar-refractivity contribution in [2.45, 2.75) is 13.8 Å². The molecule has 0 spiro atoms. The van der Waals surface area contributed by atoms with E-state index in [9.17, 15) is 19.6 Å². The van der Waals surface area contributed by atoms with Crippen LogP contribution in [-0.2, 0) is 9.59 Å². The molecule has 3 aromatic rings. The molecule has 10 heteroatoms. The van der Waals surface area contributed by atoms with Crippen LogP contribution in [0.25, 0.3) is 6.08 Å². The van der Waals surface area contributed by atoms with Crippen LogP contribution in [0.5, 0.6) is 11.5 Å². The molecule has 0 unspecified atom stereocenters. The van der Waals surface area contributed by atoms with Crippen molar-refractivity contribution in [3.05, 3.63) is 87.4 Å². The number of aryl methyl sites for hydroxylation is 1. The molecule has 0 heterocycles. The lowest BCUT2D eigenvalue weighted by atomic mass is 10.1. The molecule has 0 aliphatic rings. The Labute approximate surface area is 227 Å². The average molecular weight is 578 g/mol. The zero-order valence-electron chi connectivity index (χ0n) is 20.6. The number of halogens is 1. The van der Waals surface area contributed by atoms with Gasteiger partial charge in [-0.25, -0.2) is 4.79 Å². The Hall–Kier alpha value is -4.62. The van der Waals surface area contributed by atoms with E-state index in [1.54, 1.807) is 31.2 Å². The summed E-state index contributed by atoms with van der Waals surface area (Å²) in [6.07, 6.45) is 1.36. The molecule has 0 aliphatic carbocycles. The summed E-state index contributed by atoms with van der Waals surface area (Å²) in [4.78, 5) is 36.2. The normalized spacial score (nSPS) is 10.7. The Morgan fingerprint density at radius 3 is 2.37 bits per heavy atom. The SMILES string of the molecule is CCOc1cc(/C=C(/C#N)C(=O)Nc2cccc(C(=O)O)c2)c(Br)cc1OCC(=O)Nc1ccc(C)cc1. The van der Waals surface area contributed by atoms with Crippen molar-refractivity contribution in [1.82, 2.24) is 0 Å². The number of ether oxygens (including phenoxy) is 2. The highest BCUT2D eigenvalue weighted by molar-refractivity contribution is 9.10. The summed E-state index contributed by atoms with van der Waals surface area (Å²) >= 11 is 3.41. The number of carbonyl (C=O) groups excluding carboxylic acids is 2. The Balaban J connectivity index is 1.77. The summed E-state index contributed by atoms with van der Waals surface area (Å²) in [6, 6.07) is 18.1. The lowest BCUT2D eigenvalue weighted by Crippen LogP contribution is -2.20. The second-order valence-electron chi connectivity index (χ2n) is 7.97. The van der Waals surface area contributed by atoms with Gasteiger partial charge in [0.1, 0.15) is 11.6 Å². The topological polar surface area (TPSA) is 138 Å². The molecule has 0 radical (unpaired) electrons. The number of aromatic carboxylic acids is 1. The summed E-state index contributed by atoms with van der Waals surface area (Å²) in [5.74, 6) is -1.60. The molecule has 2 amide bonds. The van der Waals surface area contributed by atoms with Gasteiger partial charge in [-0.2, -0.15) is 5.26 Å². The van der Waals surface area contributed by atoms with Gasteiger partial charge in [-0.15, -0.1) is 0 Å². The molecule has 194 valence electrons. The fourth-order valence-corrected chi connectivity index (χ4v) is 3.69. The van der Waals surface area contributed by atoms with E-state index in [-0.39, 0.29) is 29.3 Å². The molecule has 0 bridgehead atoms. The van der Waals surface area contributed by atoms with E-state index in [0.29, 0.717) is 33.8 Å². The third kappa shape index (κ3) is 7.69. The van der Waals surface area contributed by atoms with Crippen LogP contribution < -0.4 is 20.1 Å². The van der Waals surface area contributed by atoms with Gasteiger partial charge in [0.25, 0.3) is 11.8 Å². The van der Waals surface area contributed by atoms with E-state index >= 15 is 0 Å². The highest BCUT2D eigenvalue weighted by Gasteiger charge is 2.16. The summed E-state index contributed by atoms with van der Waals surface area (Å²) in [7, 11) is 0. The number of nitrogens with zero attached hydrogens (tertiary/aromatic N) is 1. The minimum Gasteiger partial charge on any atom is -0.490 e. The van der Waals surface area contributed by atoms with Crippen LogP contribution in [0.4, 0.5) is 11.4 Å². The molecule has 3 aromatic carbocycles. The number of benzene rings is 3. The number of hydrogen-bond donors (Lipinski definition) is 3. The Bertz CT molecular complexity index is 1430. The highest BCUT2D eigenvalue weighted by Crippen LogP contribution is 2.35. The van der Waals surface area contributed by atoms with Gasteiger partial charge in [-0.3, -0.25) is 9.59 Å². The largest absolute Gasteiger partial charge is 0.490 e. The minimum absolute atomic E-state index is 0.00229. The number of carboxylic acids is 1. The summed E-state index contributed by atoms with van der Waals surface area (Å²) in [6.45, 7) is 3.77. The molecule has 9 nitrogen and oxygen atoms in total. The summed E-state index contributed by atoms with van der Waals surface area (Å²) in [5, 5.41) is 24.0. The summed E-state index contributed by atoms with van der Waals surface area (Å²) in [5.41, 5.74) is 2.18. The van der Waals surface area contributed by atoms with Crippen LogP contribution in [0, 0.1) is 18.3 Å². The van der Waals surface area contributed by atoms with E-state index < -0.39 is 11.9 Å². The first kappa shape index (κ1) is 28.0. The molecular weight excluding hydrogens is 554 g/mol. The third-order valence-corrected chi connectivity index (χ3v) is 5.78.